The lowest BCUT2D eigenvalue weighted by molar-refractivity contribution is -0.122. The van der Waals surface area contributed by atoms with Crippen molar-refractivity contribution in [1.82, 2.24) is 30.4 Å². The number of halogens is 1. The summed E-state index contributed by atoms with van der Waals surface area (Å²) in [5.41, 5.74) is 3.20. The number of likely N-dealkylation sites (tertiary alicyclic amines) is 1. The van der Waals surface area contributed by atoms with Gasteiger partial charge in [-0.25, -0.2) is 4.98 Å². The zero-order chi connectivity index (χ0) is 25.1. The fourth-order valence-corrected chi connectivity index (χ4v) is 4.85. The molecule has 4 aromatic rings. The van der Waals surface area contributed by atoms with Crippen LogP contribution in [0.3, 0.4) is 0 Å². The average Bonchev–Trinajstić information content (AvgIpc) is 3.31. The highest BCUT2D eigenvalue weighted by Crippen LogP contribution is 2.37. The molecule has 10 heteroatoms. The fraction of sp³-hybridized carbons (Fsp3) is 0.308. The van der Waals surface area contributed by atoms with Gasteiger partial charge in [0.1, 0.15) is 5.02 Å². The van der Waals surface area contributed by atoms with E-state index < -0.39 is 0 Å². The smallest absolute Gasteiger partial charge is 0.233 e. The number of rotatable bonds is 7. The van der Waals surface area contributed by atoms with Gasteiger partial charge in [-0.15, -0.1) is 0 Å². The van der Waals surface area contributed by atoms with E-state index in [1.54, 1.807) is 13.2 Å². The van der Waals surface area contributed by atoms with Gasteiger partial charge < -0.3 is 16.0 Å². The maximum Gasteiger partial charge on any atom is 0.233 e. The Morgan fingerprint density at radius 2 is 1.92 bits per heavy atom. The SMILES string of the molecule is CNC(=O)CN1CCC(c2ccc(Nc3ncc(Cl)c(Nc4cc(C)[nH]n4)n3)c3ccccc23)CC1. The molecule has 0 bridgehead atoms. The molecule has 1 aliphatic heterocycles. The van der Waals surface area contributed by atoms with Crippen LogP contribution in [0.15, 0.2) is 48.7 Å². The molecule has 1 saturated heterocycles. The minimum absolute atomic E-state index is 0.0663. The molecule has 0 saturated carbocycles. The molecule has 9 nitrogen and oxygen atoms in total. The average molecular weight is 505 g/mol. The number of fused-ring (bicyclic) bond motifs is 1. The van der Waals surface area contributed by atoms with Crippen LogP contribution in [0.2, 0.25) is 5.02 Å². The van der Waals surface area contributed by atoms with Crippen LogP contribution in [0.25, 0.3) is 10.8 Å². The lowest BCUT2D eigenvalue weighted by Crippen LogP contribution is -2.40. The van der Waals surface area contributed by atoms with E-state index >= 15 is 0 Å². The van der Waals surface area contributed by atoms with Gasteiger partial charge in [0, 0.05) is 29.9 Å². The van der Waals surface area contributed by atoms with Crippen molar-refractivity contribution in [1.29, 1.82) is 0 Å². The zero-order valence-corrected chi connectivity index (χ0v) is 21.1. The summed E-state index contributed by atoms with van der Waals surface area (Å²) in [5.74, 6) is 2.07. The molecular formula is C26H29ClN8O. The number of aryl methyl sites for hydroxylation is 1. The van der Waals surface area contributed by atoms with Crippen molar-refractivity contribution in [3.8, 4) is 0 Å². The third kappa shape index (κ3) is 5.27. The van der Waals surface area contributed by atoms with E-state index in [9.17, 15) is 4.79 Å². The van der Waals surface area contributed by atoms with Gasteiger partial charge in [0.05, 0.1) is 12.7 Å². The zero-order valence-electron chi connectivity index (χ0n) is 20.3. The Hall–Kier alpha value is -3.69. The van der Waals surface area contributed by atoms with Gasteiger partial charge in [-0.1, -0.05) is 41.9 Å². The van der Waals surface area contributed by atoms with Crippen LogP contribution in [0.4, 0.5) is 23.3 Å². The number of likely N-dealkylation sites (N-methyl/N-ethyl adjacent to an activating group) is 1. The van der Waals surface area contributed by atoms with E-state index in [2.05, 4.69) is 71.3 Å². The second-order valence-electron chi connectivity index (χ2n) is 9.05. The molecule has 36 heavy (non-hydrogen) atoms. The van der Waals surface area contributed by atoms with Crippen LogP contribution in [-0.4, -0.2) is 57.7 Å². The van der Waals surface area contributed by atoms with Gasteiger partial charge >= 0.3 is 0 Å². The van der Waals surface area contributed by atoms with Gasteiger partial charge in [0.15, 0.2) is 11.6 Å². The minimum atomic E-state index is 0.0663. The summed E-state index contributed by atoms with van der Waals surface area (Å²) in [6, 6.07) is 14.6. The van der Waals surface area contributed by atoms with Crippen LogP contribution >= 0.6 is 11.6 Å². The Morgan fingerprint density at radius 3 is 2.64 bits per heavy atom. The third-order valence-corrected chi connectivity index (χ3v) is 6.85. The van der Waals surface area contributed by atoms with E-state index in [1.165, 1.54) is 10.9 Å². The van der Waals surface area contributed by atoms with Crippen LogP contribution in [0.1, 0.15) is 30.0 Å². The standard InChI is InChI=1S/C26H29ClN8O/c1-16-13-23(34-33-16)31-25-21(27)14-29-26(32-25)30-22-8-7-18(19-5-3-4-6-20(19)22)17-9-11-35(12-10-17)15-24(36)28-2/h3-8,13-14,17H,9-12,15H2,1-2H3,(H,28,36)(H3,29,30,31,32,33,34). The molecule has 2 aromatic carbocycles. The summed E-state index contributed by atoms with van der Waals surface area (Å²) in [7, 11) is 1.68. The molecule has 1 amide bonds. The number of amides is 1. The molecule has 0 unspecified atom stereocenters. The molecular weight excluding hydrogens is 476 g/mol. The van der Waals surface area contributed by atoms with Gasteiger partial charge in [-0.3, -0.25) is 14.8 Å². The van der Waals surface area contributed by atoms with E-state index in [4.69, 9.17) is 11.6 Å². The Morgan fingerprint density at radius 1 is 1.14 bits per heavy atom. The number of H-pyrrole nitrogens is 1. The molecule has 1 aliphatic rings. The van der Waals surface area contributed by atoms with Crippen molar-refractivity contribution in [3.05, 3.63) is 64.9 Å². The lowest BCUT2D eigenvalue weighted by atomic mass is 9.86. The number of piperidine rings is 1. The summed E-state index contributed by atoms with van der Waals surface area (Å²) >= 11 is 6.33. The number of anilines is 4. The van der Waals surface area contributed by atoms with E-state index in [-0.39, 0.29) is 5.91 Å². The topological polar surface area (TPSA) is 111 Å². The highest BCUT2D eigenvalue weighted by atomic mass is 35.5. The number of carbonyl (C=O) groups excluding carboxylic acids is 1. The first-order valence-electron chi connectivity index (χ1n) is 12.0. The largest absolute Gasteiger partial charge is 0.358 e. The van der Waals surface area contributed by atoms with Crippen molar-refractivity contribution in [2.24, 2.45) is 0 Å². The maximum atomic E-state index is 11.7. The molecule has 3 heterocycles. The normalized spacial score (nSPS) is 14.6. The van der Waals surface area contributed by atoms with Crippen LogP contribution in [0.5, 0.6) is 0 Å². The Bertz CT molecular complexity index is 1380. The lowest BCUT2D eigenvalue weighted by Gasteiger charge is -2.32. The summed E-state index contributed by atoms with van der Waals surface area (Å²) in [6.45, 7) is 4.22. The number of nitrogens with zero attached hydrogens (tertiary/aromatic N) is 4. The van der Waals surface area contributed by atoms with Crippen molar-refractivity contribution in [2.75, 3.05) is 37.3 Å². The Kier molecular flexibility index (Phi) is 7.02. The molecule has 4 N–H and O–H groups in total. The minimum Gasteiger partial charge on any atom is -0.358 e. The summed E-state index contributed by atoms with van der Waals surface area (Å²) in [6.07, 6.45) is 3.62. The quantitative estimate of drug-likeness (QED) is 0.288. The molecule has 186 valence electrons. The highest BCUT2D eigenvalue weighted by molar-refractivity contribution is 6.32. The molecule has 0 aliphatic carbocycles. The third-order valence-electron chi connectivity index (χ3n) is 6.57. The predicted octanol–water partition coefficient (Wildman–Crippen LogP) is 4.73. The Balaban J connectivity index is 1.36. The van der Waals surface area contributed by atoms with Crippen molar-refractivity contribution in [3.63, 3.8) is 0 Å². The maximum absolute atomic E-state index is 11.7. The first-order chi connectivity index (χ1) is 17.5. The molecule has 0 spiro atoms. The number of nitrogens with one attached hydrogen (secondary N) is 4. The van der Waals surface area contributed by atoms with Crippen molar-refractivity contribution in [2.45, 2.75) is 25.7 Å². The van der Waals surface area contributed by atoms with Crippen LogP contribution < -0.4 is 16.0 Å². The van der Waals surface area contributed by atoms with Crippen molar-refractivity contribution >= 4 is 51.6 Å². The number of hydrogen-bond acceptors (Lipinski definition) is 7. The number of aromatic nitrogens is 4. The number of aromatic amines is 1. The number of hydrogen-bond donors (Lipinski definition) is 4. The summed E-state index contributed by atoms with van der Waals surface area (Å²) in [5, 5.41) is 19.0. The number of benzene rings is 2. The van der Waals surface area contributed by atoms with E-state index in [0.717, 1.165) is 42.7 Å². The number of carbonyl (C=O) groups is 1. The first-order valence-corrected chi connectivity index (χ1v) is 12.4. The molecule has 0 atom stereocenters. The van der Waals surface area contributed by atoms with Gasteiger partial charge in [-0.2, -0.15) is 10.1 Å². The molecule has 5 rings (SSSR count). The van der Waals surface area contributed by atoms with E-state index in [0.29, 0.717) is 35.1 Å². The fourth-order valence-electron chi connectivity index (χ4n) is 4.71. The highest BCUT2D eigenvalue weighted by Gasteiger charge is 2.23. The second-order valence-corrected chi connectivity index (χ2v) is 9.46. The van der Waals surface area contributed by atoms with Gasteiger partial charge in [-0.05, 0) is 55.8 Å². The van der Waals surface area contributed by atoms with E-state index in [1.807, 2.05) is 19.1 Å². The van der Waals surface area contributed by atoms with Gasteiger partial charge in [0.2, 0.25) is 11.9 Å². The second kappa shape index (κ2) is 10.5. The summed E-state index contributed by atoms with van der Waals surface area (Å²) < 4.78 is 0. The van der Waals surface area contributed by atoms with Crippen LogP contribution in [0, 0.1) is 6.92 Å². The molecule has 2 aromatic heterocycles. The van der Waals surface area contributed by atoms with Crippen molar-refractivity contribution < 1.29 is 4.79 Å². The molecule has 1 fully saturated rings. The molecule has 0 radical (unpaired) electrons. The monoisotopic (exact) mass is 504 g/mol. The summed E-state index contributed by atoms with van der Waals surface area (Å²) in [4.78, 5) is 22.9. The Labute approximate surface area is 214 Å². The first kappa shape index (κ1) is 24.0. The van der Waals surface area contributed by atoms with Gasteiger partial charge in [0.25, 0.3) is 0 Å². The van der Waals surface area contributed by atoms with Crippen LogP contribution in [-0.2, 0) is 4.79 Å². The predicted molar refractivity (Wildman–Crippen MR) is 143 cm³/mol.